The van der Waals surface area contributed by atoms with Crippen molar-refractivity contribution in [1.82, 2.24) is 5.32 Å². The van der Waals surface area contributed by atoms with Crippen LogP contribution in [0.5, 0.6) is 0 Å². The van der Waals surface area contributed by atoms with Crippen molar-refractivity contribution in [2.75, 3.05) is 7.05 Å². The van der Waals surface area contributed by atoms with E-state index in [0.717, 1.165) is 11.4 Å². The standard InChI is InChI=1S/C8H14N2/c1-5-10-8(3)6-7(2)9-4/h5-6,9H,1H2,2-4H3/b7-6-,10-8-. The fourth-order valence-corrected chi connectivity index (χ4v) is 0.567. The Labute approximate surface area is 62.4 Å². The summed E-state index contributed by atoms with van der Waals surface area (Å²) in [6, 6.07) is 0. The highest BCUT2D eigenvalue weighted by Gasteiger charge is 1.83. The topological polar surface area (TPSA) is 24.4 Å². The van der Waals surface area contributed by atoms with Crippen molar-refractivity contribution >= 4 is 5.71 Å². The number of allylic oxidation sites excluding steroid dienone is 2. The summed E-state index contributed by atoms with van der Waals surface area (Å²) in [4.78, 5) is 3.98. The average Bonchev–Trinajstić information content (AvgIpc) is 1.88. The van der Waals surface area contributed by atoms with E-state index in [1.54, 1.807) is 0 Å². The molecule has 0 aromatic carbocycles. The van der Waals surface area contributed by atoms with E-state index in [2.05, 4.69) is 16.9 Å². The number of aliphatic imine (C=N–C) groups is 1. The Bertz CT molecular complexity index is 166. The van der Waals surface area contributed by atoms with Gasteiger partial charge in [-0.25, -0.2) is 0 Å². The van der Waals surface area contributed by atoms with E-state index in [-0.39, 0.29) is 0 Å². The van der Waals surface area contributed by atoms with Crippen LogP contribution in [0.3, 0.4) is 0 Å². The second-order valence-electron chi connectivity index (χ2n) is 2.03. The molecule has 0 aliphatic heterocycles. The Morgan fingerprint density at radius 3 is 2.50 bits per heavy atom. The molecule has 0 radical (unpaired) electrons. The van der Waals surface area contributed by atoms with E-state index >= 15 is 0 Å². The van der Waals surface area contributed by atoms with Gasteiger partial charge in [0, 0.05) is 24.7 Å². The lowest BCUT2D eigenvalue weighted by Crippen LogP contribution is -2.03. The van der Waals surface area contributed by atoms with Crippen molar-refractivity contribution in [3.63, 3.8) is 0 Å². The molecule has 2 nitrogen and oxygen atoms in total. The molecule has 0 unspecified atom stereocenters. The molecule has 0 fully saturated rings. The van der Waals surface area contributed by atoms with E-state index in [9.17, 15) is 0 Å². The van der Waals surface area contributed by atoms with Crippen LogP contribution in [0.2, 0.25) is 0 Å². The predicted octanol–water partition coefficient (Wildman–Crippen LogP) is 1.71. The van der Waals surface area contributed by atoms with Gasteiger partial charge in [-0.05, 0) is 19.9 Å². The summed E-state index contributed by atoms with van der Waals surface area (Å²) in [5.74, 6) is 0. The quantitative estimate of drug-likeness (QED) is 0.590. The fraction of sp³-hybridized carbons (Fsp3) is 0.375. The molecular weight excluding hydrogens is 124 g/mol. The first kappa shape index (κ1) is 8.95. The lowest BCUT2D eigenvalue weighted by molar-refractivity contribution is 0.992. The molecule has 2 heteroatoms. The Morgan fingerprint density at radius 2 is 2.10 bits per heavy atom. The van der Waals surface area contributed by atoms with Gasteiger partial charge in [0.1, 0.15) is 0 Å². The number of hydrogen-bond donors (Lipinski definition) is 1. The minimum absolute atomic E-state index is 0.960. The summed E-state index contributed by atoms with van der Waals surface area (Å²) in [5.41, 5.74) is 2.06. The molecule has 0 saturated heterocycles. The third-order valence-electron chi connectivity index (χ3n) is 1.11. The number of nitrogens with one attached hydrogen (secondary N) is 1. The summed E-state index contributed by atoms with van der Waals surface area (Å²) in [5, 5.41) is 3.00. The number of hydrogen-bond acceptors (Lipinski definition) is 2. The van der Waals surface area contributed by atoms with E-state index < -0.39 is 0 Å². The Balaban J connectivity index is 4.11. The first-order valence-electron chi connectivity index (χ1n) is 3.22. The molecule has 0 aromatic rings. The Kier molecular flexibility index (Phi) is 4.29. The predicted molar refractivity (Wildman–Crippen MR) is 46.1 cm³/mol. The molecule has 0 atom stereocenters. The van der Waals surface area contributed by atoms with E-state index in [1.807, 2.05) is 27.0 Å². The van der Waals surface area contributed by atoms with Gasteiger partial charge in [-0.2, -0.15) is 0 Å². The molecule has 0 bridgehead atoms. The summed E-state index contributed by atoms with van der Waals surface area (Å²) in [6.45, 7) is 7.42. The highest BCUT2D eigenvalue weighted by molar-refractivity contribution is 5.93. The van der Waals surface area contributed by atoms with Gasteiger partial charge in [0.15, 0.2) is 0 Å². The average molecular weight is 138 g/mol. The third-order valence-corrected chi connectivity index (χ3v) is 1.11. The molecule has 1 N–H and O–H groups in total. The maximum Gasteiger partial charge on any atom is 0.0389 e. The molecule has 0 aliphatic rings. The summed E-state index contributed by atoms with van der Waals surface area (Å²) >= 11 is 0. The SMILES string of the molecule is C=C/N=C(C)\C=C(\C)NC. The third kappa shape index (κ3) is 3.89. The zero-order chi connectivity index (χ0) is 7.98. The molecule has 0 amide bonds. The van der Waals surface area contributed by atoms with Gasteiger partial charge in [0.05, 0.1) is 0 Å². The molecule has 0 aliphatic carbocycles. The van der Waals surface area contributed by atoms with Crippen LogP contribution >= 0.6 is 0 Å². The zero-order valence-electron chi connectivity index (χ0n) is 6.81. The monoisotopic (exact) mass is 138 g/mol. The van der Waals surface area contributed by atoms with Crippen molar-refractivity contribution in [2.24, 2.45) is 4.99 Å². The van der Waals surface area contributed by atoms with Crippen LogP contribution in [0.15, 0.2) is 29.5 Å². The van der Waals surface area contributed by atoms with Gasteiger partial charge in [-0.15, -0.1) is 0 Å². The second-order valence-corrected chi connectivity index (χ2v) is 2.03. The van der Waals surface area contributed by atoms with Gasteiger partial charge < -0.3 is 5.32 Å². The minimum atomic E-state index is 0.960. The molecule has 0 saturated carbocycles. The van der Waals surface area contributed by atoms with Crippen LogP contribution in [0.4, 0.5) is 0 Å². The molecule has 0 spiro atoms. The Morgan fingerprint density at radius 1 is 1.50 bits per heavy atom. The molecule has 0 aromatic heterocycles. The van der Waals surface area contributed by atoms with Crippen molar-refractivity contribution in [1.29, 1.82) is 0 Å². The lowest BCUT2D eigenvalue weighted by atomic mass is 10.3. The van der Waals surface area contributed by atoms with Crippen molar-refractivity contribution in [3.05, 3.63) is 24.6 Å². The summed E-state index contributed by atoms with van der Waals surface area (Å²) in [6.07, 6.45) is 3.50. The van der Waals surface area contributed by atoms with Gasteiger partial charge >= 0.3 is 0 Å². The van der Waals surface area contributed by atoms with Crippen LogP contribution in [0.1, 0.15) is 13.8 Å². The molecule has 10 heavy (non-hydrogen) atoms. The van der Waals surface area contributed by atoms with E-state index in [1.165, 1.54) is 6.20 Å². The summed E-state index contributed by atoms with van der Waals surface area (Å²) in [7, 11) is 1.88. The van der Waals surface area contributed by atoms with Gasteiger partial charge in [0.2, 0.25) is 0 Å². The maximum atomic E-state index is 3.98. The normalized spacial score (nSPS) is 13.1. The van der Waals surface area contributed by atoms with E-state index in [4.69, 9.17) is 0 Å². The maximum absolute atomic E-state index is 3.98. The van der Waals surface area contributed by atoms with Crippen LogP contribution in [0, 0.1) is 0 Å². The van der Waals surface area contributed by atoms with Crippen LogP contribution in [-0.4, -0.2) is 12.8 Å². The molecule has 0 heterocycles. The minimum Gasteiger partial charge on any atom is -0.392 e. The lowest BCUT2D eigenvalue weighted by Gasteiger charge is -1.96. The highest BCUT2D eigenvalue weighted by Crippen LogP contribution is 1.87. The molecule has 56 valence electrons. The van der Waals surface area contributed by atoms with Crippen molar-refractivity contribution in [3.8, 4) is 0 Å². The smallest absolute Gasteiger partial charge is 0.0389 e. The highest BCUT2D eigenvalue weighted by atomic mass is 14.8. The second kappa shape index (κ2) is 4.79. The van der Waals surface area contributed by atoms with E-state index in [0.29, 0.717) is 0 Å². The molecular formula is C8H14N2. The van der Waals surface area contributed by atoms with Crippen LogP contribution in [0.25, 0.3) is 0 Å². The fourth-order valence-electron chi connectivity index (χ4n) is 0.567. The van der Waals surface area contributed by atoms with Crippen molar-refractivity contribution < 1.29 is 0 Å². The summed E-state index contributed by atoms with van der Waals surface area (Å²) < 4.78 is 0. The number of rotatable bonds is 3. The van der Waals surface area contributed by atoms with Gasteiger partial charge in [0.25, 0.3) is 0 Å². The van der Waals surface area contributed by atoms with Gasteiger partial charge in [-0.1, -0.05) is 6.58 Å². The first-order chi connectivity index (χ1) is 4.70. The van der Waals surface area contributed by atoms with Crippen LogP contribution < -0.4 is 5.32 Å². The largest absolute Gasteiger partial charge is 0.392 e. The molecule has 0 rings (SSSR count). The zero-order valence-corrected chi connectivity index (χ0v) is 6.81. The Hall–Kier alpha value is -1.05. The van der Waals surface area contributed by atoms with Crippen molar-refractivity contribution in [2.45, 2.75) is 13.8 Å². The van der Waals surface area contributed by atoms with Gasteiger partial charge in [-0.3, -0.25) is 4.99 Å². The number of nitrogens with zero attached hydrogens (tertiary/aromatic N) is 1. The van der Waals surface area contributed by atoms with Crippen LogP contribution in [-0.2, 0) is 0 Å². The first-order valence-corrected chi connectivity index (χ1v) is 3.22.